The van der Waals surface area contributed by atoms with Crippen LogP contribution in [0, 0.1) is 11.8 Å². The number of ether oxygens (including phenoxy) is 12. The van der Waals surface area contributed by atoms with Crippen molar-refractivity contribution in [3.8, 4) is 0 Å². The number of aliphatic hydroxyl groups is 2. The fourth-order valence-corrected chi connectivity index (χ4v) is 17.7. The molecule has 25 nitrogen and oxygen atoms in total. The van der Waals surface area contributed by atoms with Crippen LogP contribution in [0.2, 0.25) is 0 Å². The van der Waals surface area contributed by atoms with Crippen LogP contribution in [0.25, 0.3) is 0 Å². The minimum atomic E-state index is -4.97. The molecule has 12 rings (SSSR count). The first-order chi connectivity index (χ1) is 42.9. The van der Waals surface area contributed by atoms with Crippen molar-refractivity contribution >= 4 is 32.7 Å². The smallest absolute Gasteiger partial charge is 0.397 e. The van der Waals surface area contributed by atoms with Gasteiger partial charge in [-0.05, 0) is 90.2 Å². The highest BCUT2D eigenvalue weighted by Gasteiger charge is 2.65. The predicted molar refractivity (Wildman–Crippen MR) is 319 cm³/mol. The second-order valence-electron chi connectivity index (χ2n) is 28.4. The van der Waals surface area contributed by atoms with Gasteiger partial charge in [0.1, 0.15) is 35.6 Å². The SMILES string of the molecule is C=CC[C@@H](/C=C/[C@@](C)(O)[C@H]1O[C@@H]2C[C@@H]3O[C@@H]4C[C@@H]5O[C@@H]6C[C@@H]7O[C@@H]8C[C@@H]9O[C@@H]%10C[C@@H]%11O[C@](C)(CCOS(=O)(=O)O)[C@@H](OS(=O)(=O)O)C[C@H]%11O[C@H]%10C[C@H]9O[C@H]8CC[C@@]7(C)O[C@@]6(C)CC[C@H](C)[C@H]5O[C@H]4[C@@H](O)[C@@]3(C)O[C@H]2CC1=C)C(=O)N[C@H](C(=O)OC)c1ccccc1. The van der Waals surface area contributed by atoms with E-state index in [-0.39, 0.29) is 61.8 Å². The molecule has 0 saturated carbocycles. The number of methoxy groups -OCH3 is 1. The fourth-order valence-electron chi connectivity index (χ4n) is 16.8. The van der Waals surface area contributed by atoms with E-state index in [0.29, 0.717) is 75.3 Å². The average Bonchev–Trinajstić information content (AvgIpc) is 1.27. The maximum Gasteiger partial charge on any atom is 0.397 e. The normalized spacial score (nSPS) is 46.0. The summed E-state index contributed by atoms with van der Waals surface area (Å²) in [6.45, 7) is 19.0. The Bertz CT molecular complexity index is 3120. The third-order valence-electron chi connectivity index (χ3n) is 21.8. The van der Waals surface area contributed by atoms with Crippen molar-refractivity contribution in [1.29, 1.82) is 0 Å². The maximum absolute atomic E-state index is 13.8. The van der Waals surface area contributed by atoms with Crippen molar-refractivity contribution in [2.24, 2.45) is 11.8 Å². The third kappa shape index (κ3) is 13.7. The number of esters is 1. The molecule has 11 aliphatic heterocycles. The summed E-state index contributed by atoms with van der Waals surface area (Å²) < 4.78 is 156. The van der Waals surface area contributed by atoms with Gasteiger partial charge in [-0.3, -0.25) is 13.9 Å². The number of rotatable bonds is 15. The van der Waals surface area contributed by atoms with E-state index in [1.54, 1.807) is 49.4 Å². The van der Waals surface area contributed by atoms with E-state index in [2.05, 4.69) is 43.4 Å². The summed E-state index contributed by atoms with van der Waals surface area (Å²) in [5, 5.41) is 27.4. The van der Waals surface area contributed by atoms with Crippen LogP contribution < -0.4 is 5.32 Å². The number of hydrogen-bond donors (Lipinski definition) is 5. The number of hydrogen-bond acceptors (Lipinski definition) is 22. The molecule has 11 aliphatic rings. The van der Waals surface area contributed by atoms with Gasteiger partial charge in [0.05, 0.1) is 134 Å². The van der Waals surface area contributed by atoms with Crippen molar-refractivity contribution < 1.29 is 111 Å². The number of nitrogens with one attached hydrogen (secondary N) is 1. The van der Waals surface area contributed by atoms with Crippen LogP contribution in [0.1, 0.15) is 143 Å². The Labute approximate surface area is 532 Å². The van der Waals surface area contributed by atoms with Crippen molar-refractivity contribution in [1.82, 2.24) is 5.32 Å². The predicted octanol–water partition coefficient (Wildman–Crippen LogP) is 5.15. The summed E-state index contributed by atoms with van der Waals surface area (Å²) in [5.74, 6) is -1.89. The second kappa shape index (κ2) is 25.5. The van der Waals surface area contributed by atoms with E-state index in [4.69, 9.17) is 61.0 Å². The molecular weight excluding hydrogens is 1230 g/mol. The summed E-state index contributed by atoms with van der Waals surface area (Å²) in [6, 6.07) is 7.73. The summed E-state index contributed by atoms with van der Waals surface area (Å²) in [4.78, 5) is 26.6. The molecular formula is C64H91NO24S2. The van der Waals surface area contributed by atoms with Gasteiger partial charge in [0.25, 0.3) is 0 Å². The Morgan fingerprint density at radius 1 is 0.725 bits per heavy atom. The number of fused-ring (bicyclic) bond motifs is 10. The minimum Gasteiger partial charge on any atom is -0.467 e. The molecule has 1 aromatic carbocycles. The molecule has 11 fully saturated rings. The first kappa shape index (κ1) is 67.6. The minimum absolute atomic E-state index is 0.0134. The molecule has 28 atom stereocenters. The largest absolute Gasteiger partial charge is 0.467 e. The fraction of sp³-hybridized carbons (Fsp3) is 0.781. The van der Waals surface area contributed by atoms with E-state index in [1.165, 1.54) is 20.1 Å². The number of carbonyl (C=O) groups excluding carboxylic acids is 2. The van der Waals surface area contributed by atoms with Gasteiger partial charge in [-0.15, -0.1) is 6.58 Å². The van der Waals surface area contributed by atoms with Crippen LogP contribution in [0.15, 0.2) is 67.3 Å². The number of allylic oxidation sites excluding steroid dienone is 1. The van der Waals surface area contributed by atoms with Crippen LogP contribution in [-0.2, 0) is 95.6 Å². The molecule has 508 valence electrons. The molecule has 1 amide bonds. The Morgan fingerprint density at radius 3 is 1.96 bits per heavy atom. The highest BCUT2D eigenvalue weighted by Crippen LogP contribution is 2.54. The zero-order valence-electron chi connectivity index (χ0n) is 52.7. The molecule has 91 heavy (non-hydrogen) atoms. The lowest BCUT2D eigenvalue weighted by Crippen LogP contribution is -2.74. The average molecular weight is 1320 g/mol. The second-order valence-corrected chi connectivity index (χ2v) is 30.5. The molecule has 0 aliphatic carbocycles. The first-order valence-electron chi connectivity index (χ1n) is 32.3. The third-order valence-corrected chi connectivity index (χ3v) is 22.8. The molecule has 0 aromatic heterocycles. The zero-order chi connectivity index (χ0) is 65.0. The summed E-state index contributed by atoms with van der Waals surface area (Å²) >= 11 is 0. The van der Waals surface area contributed by atoms with Gasteiger partial charge in [0.2, 0.25) is 5.91 Å². The zero-order valence-corrected chi connectivity index (χ0v) is 54.3. The molecule has 27 heteroatoms. The maximum atomic E-state index is 13.8. The molecule has 5 N–H and O–H groups in total. The van der Waals surface area contributed by atoms with Crippen LogP contribution in [0.3, 0.4) is 0 Å². The van der Waals surface area contributed by atoms with Crippen LogP contribution in [0.4, 0.5) is 0 Å². The number of amides is 1. The van der Waals surface area contributed by atoms with Crippen LogP contribution in [0.5, 0.6) is 0 Å². The summed E-state index contributed by atoms with van der Waals surface area (Å²) in [7, 11) is -8.52. The number of carbonyl (C=O) groups is 2. The van der Waals surface area contributed by atoms with Crippen molar-refractivity contribution in [3.63, 3.8) is 0 Å². The molecule has 0 spiro atoms. The lowest BCUT2D eigenvalue weighted by molar-refractivity contribution is -0.369. The van der Waals surface area contributed by atoms with Crippen molar-refractivity contribution in [2.45, 2.75) is 288 Å². The van der Waals surface area contributed by atoms with E-state index >= 15 is 0 Å². The van der Waals surface area contributed by atoms with Gasteiger partial charge in [-0.1, -0.05) is 62.1 Å². The van der Waals surface area contributed by atoms with Gasteiger partial charge in [-0.25, -0.2) is 13.2 Å². The summed E-state index contributed by atoms with van der Waals surface area (Å²) in [5.41, 5.74) is -4.57. The standard InChI is InChI=1S/C64H91NO24S2/c1-10-14-36(58(67)65-53(59(68)76-9)35-15-12-11-13-16-35)18-20-60(4,69)57-34(3)25-45-44(84-57)31-52-64(8,87-45)56(66)55-48(83-52)29-47-54(85-55)33(2)17-21-62(6)50(82-47)32-49-63(7,89-62)22-19-37-38(81-49)26-40-39(78-37)27-41-42(79-40)28-46-43(80-41)30-51(88-91(73,74)75)61(5,86-46)23-24-77-90(70,71)72/h10-13,15-16,18,20,33,36-57,66,69H,1,3,14,17,19,21-32H2,2,4-9H3,(H,65,67)(H,70,71,72)(H,73,74,75)/b20-18+/t33-,36-,37-,38+,39+,40-,41-,42+,43+,44+,45-,46-,47-,48+,49-,50+,51-,52-,53-,54+,55+,56+,57-,60+,61+,62-,63+,64-/m0/s1. The quantitative estimate of drug-likeness (QED) is 0.0861. The topological polar surface area (TPSA) is 325 Å². The highest BCUT2D eigenvalue weighted by molar-refractivity contribution is 7.81. The van der Waals surface area contributed by atoms with Crippen molar-refractivity contribution in [2.75, 3.05) is 13.7 Å². The number of aliphatic hydroxyl groups excluding tert-OH is 1. The van der Waals surface area contributed by atoms with Crippen LogP contribution >= 0.6 is 0 Å². The van der Waals surface area contributed by atoms with E-state index in [1.807, 2.05) is 6.92 Å². The van der Waals surface area contributed by atoms with Crippen LogP contribution in [-0.4, -0.2) is 212 Å². The lowest BCUT2D eigenvalue weighted by atomic mass is 9.73. The molecule has 0 radical (unpaired) electrons. The molecule has 1 aromatic rings. The van der Waals surface area contributed by atoms with Gasteiger partial charge in [-0.2, -0.15) is 16.8 Å². The molecule has 0 bridgehead atoms. The Morgan fingerprint density at radius 2 is 1.31 bits per heavy atom. The summed E-state index contributed by atoms with van der Waals surface area (Å²) in [6.07, 6.45) is -0.923. The van der Waals surface area contributed by atoms with Crippen molar-refractivity contribution in [3.05, 3.63) is 72.9 Å². The lowest BCUT2D eigenvalue weighted by Gasteiger charge is -2.61. The van der Waals surface area contributed by atoms with Gasteiger partial charge in [0.15, 0.2) is 6.04 Å². The Balaban J connectivity index is 0.691. The first-order valence-corrected chi connectivity index (χ1v) is 35.0. The van der Waals surface area contributed by atoms with Gasteiger partial charge < -0.3 is 72.4 Å². The monoisotopic (exact) mass is 1320 g/mol. The van der Waals surface area contributed by atoms with E-state index in [0.717, 1.165) is 6.42 Å². The Hall–Kier alpha value is -3.40. The number of benzene rings is 1. The van der Waals surface area contributed by atoms with Gasteiger partial charge >= 0.3 is 26.8 Å². The highest BCUT2D eigenvalue weighted by atomic mass is 32.3. The van der Waals surface area contributed by atoms with E-state index in [9.17, 15) is 45.7 Å². The molecule has 0 unspecified atom stereocenters. The molecule has 11 heterocycles. The Kier molecular flexibility index (Phi) is 19.0. The molecule has 11 saturated heterocycles. The van der Waals surface area contributed by atoms with Gasteiger partial charge in [0, 0.05) is 51.4 Å². The van der Waals surface area contributed by atoms with E-state index < -0.39 is 165 Å².